The van der Waals surface area contributed by atoms with Crippen molar-refractivity contribution in [3.8, 4) is 17.6 Å². The summed E-state index contributed by atoms with van der Waals surface area (Å²) in [5.74, 6) is 1.34. The van der Waals surface area contributed by atoms with E-state index in [2.05, 4.69) is 6.07 Å². The second-order valence-electron chi connectivity index (χ2n) is 5.34. The van der Waals surface area contributed by atoms with Crippen LogP contribution in [0.5, 0.6) is 11.5 Å². The number of rotatable bonds is 9. The molecule has 0 aliphatic carbocycles. The minimum atomic E-state index is -0.0816. The van der Waals surface area contributed by atoms with Crippen molar-refractivity contribution in [3.63, 3.8) is 0 Å². The van der Waals surface area contributed by atoms with E-state index in [4.69, 9.17) is 14.7 Å². The van der Waals surface area contributed by atoms with E-state index in [1.807, 2.05) is 43.3 Å². The Morgan fingerprint density at radius 1 is 1.12 bits per heavy atom. The SMILES string of the molecule is CCOc1cccc(C(=O)/C=C/c2cccc(OCCCC#N)c2)c1. The molecule has 0 bridgehead atoms. The summed E-state index contributed by atoms with van der Waals surface area (Å²) in [5, 5.41) is 8.52. The first-order valence-electron chi connectivity index (χ1n) is 8.28. The minimum Gasteiger partial charge on any atom is -0.494 e. The number of carbonyl (C=O) groups is 1. The van der Waals surface area contributed by atoms with E-state index < -0.39 is 0 Å². The molecule has 0 atom stereocenters. The number of hydrogen-bond donors (Lipinski definition) is 0. The number of benzene rings is 2. The summed E-state index contributed by atoms with van der Waals surface area (Å²) in [4.78, 5) is 12.3. The molecule has 0 saturated carbocycles. The lowest BCUT2D eigenvalue weighted by Gasteiger charge is -2.05. The van der Waals surface area contributed by atoms with Gasteiger partial charge in [0.1, 0.15) is 11.5 Å². The maximum absolute atomic E-state index is 12.3. The van der Waals surface area contributed by atoms with Crippen LogP contribution in [0.25, 0.3) is 6.08 Å². The van der Waals surface area contributed by atoms with Crippen LogP contribution in [-0.2, 0) is 0 Å². The van der Waals surface area contributed by atoms with E-state index in [0.717, 1.165) is 11.3 Å². The number of unbranched alkanes of at least 4 members (excludes halogenated alkanes) is 1. The molecule has 0 spiro atoms. The first-order valence-corrected chi connectivity index (χ1v) is 8.28. The monoisotopic (exact) mass is 335 g/mol. The number of hydrogen-bond acceptors (Lipinski definition) is 4. The second-order valence-corrected chi connectivity index (χ2v) is 5.34. The van der Waals surface area contributed by atoms with Gasteiger partial charge in [0.15, 0.2) is 5.78 Å². The fourth-order valence-corrected chi connectivity index (χ4v) is 2.22. The quantitative estimate of drug-likeness (QED) is 0.380. The molecule has 128 valence electrons. The normalized spacial score (nSPS) is 10.4. The third-order valence-corrected chi connectivity index (χ3v) is 3.42. The van der Waals surface area contributed by atoms with E-state index >= 15 is 0 Å². The predicted octanol–water partition coefficient (Wildman–Crippen LogP) is 4.66. The van der Waals surface area contributed by atoms with Gasteiger partial charge < -0.3 is 9.47 Å². The average molecular weight is 335 g/mol. The van der Waals surface area contributed by atoms with E-state index in [0.29, 0.717) is 37.4 Å². The van der Waals surface area contributed by atoms with Crippen molar-refractivity contribution in [3.05, 3.63) is 65.7 Å². The molecule has 2 rings (SSSR count). The Labute approximate surface area is 148 Å². The maximum atomic E-state index is 12.3. The zero-order valence-electron chi connectivity index (χ0n) is 14.3. The molecule has 0 amide bonds. The average Bonchev–Trinajstić information content (AvgIpc) is 2.64. The maximum Gasteiger partial charge on any atom is 0.185 e. The van der Waals surface area contributed by atoms with Crippen LogP contribution in [0.4, 0.5) is 0 Å². The first kappa shape index (κ1) is 18.3. The van der Waals surface area contributed by atoms with Gasteiger partial charge in [-0.3, -0.25) is 4.79 Å². The number of carbonyl (C=O) groups excluding carboxylic acids is 1. The van der Waals surface area contributed by atoms with Crippen LogP contribution in [0.1, 0.15) is 35.7 Å². The molecule has 0 radical (unpaired) electrons. The lowest BCUT2D eigenvalue weighted by molar-refractivity contribution is 0.104. The predicted molar refractivity (Wildman–Crippen MR) is 97.8 cm³/mol. The Morgan fingerprint density at radius 3 is 2.64 bits per heavy atom. The van der Waals surface area contributed by atoms with Crippen molar-refractivity contribution in [2.24, 2.45) is 0 Å². The molecule has 0 aliphatic rings. The van der Waals surface area contributed by atoms with Crippen molar-refractivity contribution in [1.82, 2.24) is 0 Å². The Hall–Kier alpha value is -3.06. The summed E-state index contributed by atoms with van der Waals surface area (Å²) >= 11 is 0. The number of ether oxygens (including phenoxy) is 2. The number of allylic oxidation sites excluding steroid dienone is 1. The molecule has 0 saturated heterocycles. The number of nitrogens with zero attached hydrogens (tertiary/aromatic N) is 1. The summed E-state index contributed by atoms with van der Waals surface area (Å²) < 4.78 is 11.0. The van der Waals surface area contributed by atoms with Gasteiger partial charge in [-0.2, -0.15) is 5.26 Å². The molecule has 0 unspecified atom stereocenters. The Kier molecular flexibility index (Phi) is 7.27. The van der Waals surface area contributed by atoms with Gasteiger partial charge in [-0.15, -0.1) is 0 Å². The number of ketones is 1. The van der Waals surface area contributed by atoms with Crippen LogP contribution in [-0.4, -0.2) is 19.0 Å². The largest absolute Gasteiger partial charge is 0.494 e. The van der Waals surface area contributed by atoms with Crippen LogP contribution < -0.4 is 9.47 Å². The Bertz CT molecular complexity index is 775. The smallest absolute Gasteiger partial charge is 0.185 e. The third-order valence-electron chi connectivity index (χ3n) is 3.42. The molecular formula is C21H21NO3. The van der Waals surface area contributed by atoms with E-state index in [1.54, 1.807) is 24.3 Å². The standard InChI is InChI=1S/C21H21NO3/c1-2-24-20-10-6-8-18(16-20)21(23)12-11-17-7-5-9-19(15-17)25-14-4-3-13-22/h5-12,15-16H,2-4,14H2,1H3/b12-11+. The lowest BCUT2D eigenvalue weighted by atomic mass is 10.1. The highest BCUT2D eigenvalue weighted by atomic mass is 16.5. The molecule has 0 heterocycles. The summed E-state index contributed by atoms with van der Waals surface area (Å²) in [6.45, 7) is 2.97. The summed E-state index contributed by atoms with van der Waals surface area (Å²) in [6, 6.07) is 16.7. The van der Waals surface area contributed by atoms with Crippen LogP contribution in [0.2, 0.25) is 0 Å². The minimum absolute atomic E-state index is 0.0816. The van der Waals surface area contributed by atoms with Crippen molar-refractivity contribution in [2.45, 2.75) is 19.8 Å². The first-order chi connectivity index (χ1) is 12.2. The van der Waals surface area contributed by atoms with Gasteiger partial charge in [-0.1, -0.05) is 30.3 Å². The van der Waals surface area contributed by atoms with Gasteiger partial charge in [0, 0.05) is 12.0 Å². The highest BCUT2D eigenvalue weighted by Gasteiger charge is 2.03. The molecule has 0 fully saturated rings. The van der Waals surface area contributed by atoms with E-state index in [-0.39, 0.29) is 5.78 Å². The van der Waals surface area contributed by atoms with Gasteiger partial charge in [0.2, 0.25) is 0 Å². The van der Waals surface area contributed by atoms with Gasteiger partial charge in [0.25, 0.3) is 0 Å². The highest BCUT2D eigenvalue weighted by Crippen LogP contribution is 2.17. The topological polar surface area (TPSA) is 59.3 Å². The van der Waals surface area contributed by atoms with Gasteiger partial charge in [-0.05, 0) is 49.2 Å². The Balaban J connectivity index is 2.00. The molecule has 2 aromatic carbocycles. The van der Waals surface area contributed by atoms with Crippen molar-refractivity contribution in [2.75, 3.05) is 13.2 Å². The van der Waals surface area contributed by atoms with Gasteiger partial charge >= 0.3 is 0 Å². The van der Waals surface area contributed by atoms with Crippen LogP contribution in [0.15, 0.2) is 54.6 Å². The van der Waals surface area contributed by atoms with Crippen LogP contribution in [0.3, 0.4) is 0 Å². The van der Waals surface area contributed by atoms with Crippen LogP contribution in [0, 0.1) is 11.3 Å². The lowest BCUT2D eigenvalue weighted by Crippen LogP contribution is -1.97. The Morgan fingerprint density at radius 2 is 1.88 bits per heavy atom. The van der Waals surface area contributed by atoms with Crippen molar-refractivity contribution in [1.29, 1.82) is 5.26 Å². The zero-order chi connectivity index (χ0) is 17.9. The van der Waals surface area contributed by atoms with Crippen molar-refractivity contribution < 1.29 is 14.3 Å². The molecule has 0 aliphatic heterocycles. The third kappa shape index (κ3) is 6.15. The molecule has 4 heteroatoms. The molecule has 0 aromatic heterocycles. The van der Waals surface area contributed by atoms with E-state index in [9.17, 15) is 4.79 Å². The molecular weight excluding hydrogens is 314 g/mol. The summed E-state index contributed by atoms with van der Waals surface area (Å²) in [6.07, 6.45) is 4.48. The van der Waals surface area contributed by atoms with Gasteiger partial charge in [0.05, 0.1) is 19.3 Å². The summed E-state index contributed by atoms with van der Waals surface area (Å²) in [7, 11) is 0. The fourth-order valence-electron chi connectivity index (χ4n) is 2.22. The highest BCUT2D eigenvalue weighted by molar-refractivity contribution is 6.07. The molecule has 25 heavy (non-hydrogen) atoms. The number of nitriles is 1. The molecule has 2 aromatic rings. The fraction of sp³-hybridized carbons (Fsp3) is 0.238. The van der Waals surface area contributed by atoms with E-state index in [1.165, 1.54) is 0 Å². The second kappa shape index (κ2) is 9.94. The van der Waals surface area contributed by atoms with Gasteiger partial charge in [-0.25, -0.2) is 0 Å². The van der Waals surface area contributed by atoms with Crippen LogP contribution >= 0.6 is 0 Å². The van der Waals surface area contributed by atoms with Crippen molar-refractivity contribution >= 4 is 11.9 Å². The summed E-state index contributed by atoms with van der Waals surface area (Å²) in [5.41, 5.74) is 1.47. The molecule has 0 N–H and O–H groups in total. The molecule has 4 nitrogen and oxygen atoms in total. The zero-order valence-corrected chi connectivity index (χ0v) is 14.3.